The fourth-order valence-electron chi connectivity index (χ4n) is 2.60. The number of nitrogens with zero attached hydrogens (tertiary/aromatic N) is 3. The molecule has 0 aliphatic carbocycles. The van der Waals surface area contributed by atoms with Crippen molar-refractivity contribution < 1.29 is 9.90 Å². The molecule has 1 saturated heterocycles. The fourth-order valence-corrected chi connectivity index (χ4v) is 2.60. The molecule has 2 heterocycles. The monoisotopic (exact) mass is 264 g/mol. The van der Waals surface area contributed by atoms with E-state index in [-0.39, 0.29) is 11.4 Å². The Hall–Kier alpha value is -1.82. The quantitative estimate of drug-likeness (QED) is 0.835. The molecular formula is C13H20N4O2. The van der Waals surface area contributed by atoms with Crippen molar-refractivity contribution in [3.05, 3.63) is 17.8 Å². The number of pyridine rings is 1. The number of aromatic nitrogens is 1. The van der Waals surface area contributed by atoms with Crippen LogP contribution in [0.5, 0.6) is 0 Å². The summed E-state index contributed by atoms with van der Waals surface area (Å²) in [6.07, 6.45) is 2.68. The zero-order chi connectivity index (χ0) is 14.0. The lowest BCUT2D eigenvalue weighted by atomic mass is 10.1. The number of carbonyl (C=O) groups is 1. The second kappa shape index (κ2) is 5.44. The standard InChI is InChI=1S/C13H20N4O2/c1-16-4-3-9(7-16)8-17(2)11-6-15-12(14)5-10(11)13(18)19/h5-6,9H,3-4,7-8H2,1-2H3,(H2,14,15)(H,18,19). The molecule has 0 aromatic carbocycles. The highest BCUT2D eigenvalue weighted by atomic mass is 16.4. The zero-order valence-corrected chi connectivity index (χ0v) is 11.3. The molecule has 104 valence electrons. The van der Waals surface area contributed by atoms with Crippen LogP contribution in [0, 0.1) is 5.92 Å². The Morgan fingerprint density at radius 1 is 1.68 bits per heavy atom. The van der Waals surface area contributed by atoms with Crippen molar-refractivity contribution in [3.8, 4) is 0 Å². The third kappa shape index (κ3) is 3.14. The summed E-state index contributed by atoms with van der Waals surface area (Å²) in [5.74, 6) is -0.177. The number of rotatable bonds is 4. The molecule has 1 aliphatic heterocycles. The number of likely N-dealkylation sites (tertiary alicyclic amines) is 1. The zero-order valence-electron chi connectivity index (χ0n) is 11.3. The SMILES string of the molecule is CN1CCC(CN(C)c2cnc(N)cc2C(=O)O)C1. The van der Waals surface area contributed by atoms with Crippen LogP contribution in [-0.2, 0) is 0 Å². The number of nitrogen functional groups attached to an aromatic ring is 1. The smallest absolute Gasteiger partial charge is 0.338 e. The van der Waals surface area contributed by atoms with E-state index < -0.39 is 5.97 Å². The first-order valence-electron chi connectivity index (χ1n) is 6.36. The van der Waals surface area contributed by atoms with Gasteiger partial charge in [0, 0.05) is 20.1 Å². The second-order valence-electron chi connectivity index (χ2n) is 5.23. The Bertz CT molecular complexity index is 478. The summed E-state index contributed by atoms with van der Waals surface area (Å²) >= 11 is 0. The maximum atomic E-state index is 11.2. The second-order valence-corrected chi connectivity index (χ2v) is 5.23. The van der Waals surface area contributed by atoms with Crippen LogP contribution in [0.3, 0.4) is 0 Å². The van der Waals surface area contributed by atoms with Gasteiger partial charge in [-0.05, 0) is 32.0 Å². The van der Waals surface area contributed by atoms with Crippen molar-refractivity contribution >= 4 is 17.5 Å². The van der Waals surface area contributed by atoms with Crippen LogP contribution in [-0.4, -0.2) is 54.7 Å². The van der Waals surface area contributed by atoms with E-state index in [4.69, 9.17) is 5.73 Å². The molecular weight excluding hydrogens is 244 g/mol. The van der Waals surface area contributed by atoms with E-state index in [9.17, 15) is 9.90 Å². The van der Waals surface area contributed by atoms with E-state index in [1.54, 1.807) is 0 Å². The molecule has 2 rings (SSSR count). The Labute approximate surface area is 112 Å². The number of nitrogens with two attached hydrogens (primary N) is 1. The van der Waals surface area contributed by atoms with Crippen molar-refractivity contribution in [2.24, 2.45) is 5.92 Å². The molecule has 1 aliphatic rings. The maximum Gasteiger partial charge on any atom is 0.338 e. The highest BCUT2D eigenvalue weighted by molar-refractivity contribution is 5.95. The fraction of sp³-hybridized carbons (Fsp3) is 0.538. The lowest BCUT2D eigenvalue weighted by Crippen LogP contribution is -2.28. The van der Waals surface area contributed by atoms with Crippen LogP contribution in [0.4, 0.5) is 11.5 Å². The van der Waals surface area contributed by atoms with Crippen molar-refractivity contribution in [3.63, 3.8) is 0 Å². The minimum Gasteiger partial charge on any atom is -0.478 e. The van der Waals surface area contributed by atoms with Gasteiger partial charge < -0.3 is 20.6 Å². The van der Waals surface area contributed by atoms with Gasteiger partial charge >= 0.3 is 5.97 Å². The van der Waals surface area contributed by atoms with Gasteiger partial charge in [-0.2, -0.15) is 0 Å². The van der Waals surface area contributed by atoms with E-state index in [1.165, 1.54) is 12.3 Å². The minimum absolute atomic E-state index is 0.210. The first kappa shape index (κ1) is 13.6. The van der Waals surface area contributed by atoms with E-state index in [1.807, 2.05) is 11.9 Å². The average molecular weight is 264 g/mol. The van der Waals surface area contributed by atoms with Crippen molar-refractivity contribution in [2.75, 3.05) is 44.4 Å². The summed E-state index contributed by atoms with van der Waals surface area (Å²) in [5, 5.41) is 9.22. The van der Waals surface area contributed by atoms with Crippen molar-refractivity contribution in [2.45, 2.75) is 6.42 Å². The van der Waals surface area contributed by atoms with Crippen molar-refractivity contribution in [1.29, 1.82) is 0 Å². The Kier molecular flexibility index (Phi) is 3.90. The van der Waals surface area contributed by atoms with Gasteiger partial charge in [-0.3, -0.25) is 0 Å². The van der Waals surface area contributed by atoms with E-state index in [0.717, 1.165) is 26.1 Å². The summed E-state index contributed by atoms with van der Waals surface area (Å²) in [5.41, 5.74) is 6.38. The first-order valence-corrected chi connectivity index (χ1v) is 6.36. The predicted octanol–water partition coefficient (Wildman–Crippen LogP) is 0.750. The van der Waals surface area contributed by atoms with Crippen LogP contribution >= 0.6 is 0 Å². The Morgan fingerprint density at radius 3 is 3.00 bits per heavy atom. The summed E-state index contributed by atoms with van der Waals surface area (Å²) < 4.78 is 0. The van der Waals surface area contributed by atoms with Crippen LogP contribution in [0.1, 0.15) is 16.8 Å². The predicted molar refractivity (Wildman–Crippen MR) is 74.5 cm³/mol. The number of aromatic carboxylic acids is 1. The molecule has 0 bridgehead atoms. The molecule has 19 heavy (non-hydrogen) atoms. The van der Waals surface area contributed by atoms with E-state index in [0.29, 0.717) is 11.6 Å². The summed E-state index contributed by atoms with van der Waals surface area (Å²) in [6.45, 7) is 2.98. The lowest BCUT2D eigenvalue weighted by molar-refractivity contribution is 0.0697. The molecule has 0 amide bonds. The van der Waals surface area contributed by atoms with Crippen LogP contribution in [0.15, 0.2) is 12.3 Å². The van der Waals surface area contributed by atoms with E-state index in [2.05, 4.69) is 16.9 Å². The Balaban J connectivity index is 2.14. The molecule has 1 aromatic heterocycles. The normalized spacial score (nSPS) is 19.6. The molecule has 0 saturated carbocycles. The third-order valence-electron chi connectivity index (χ3n) is 3.57. The first-order chi connectivity index (χ1) is 8.97. The molecule has 0 radical (unpaired) electrons. The summed E-state index contributed by atoms with van der Waals surface area (Å²) in [7, 11) is 4.01. The van der Waals surface area contributed by atoms with Gasteiger partial charge in [0.2, 0.25) is 0 Å². The molecule has 1 aromatic rings. The van der Waals surface area contributed by atoms with Crippen LogP contribution in [0.2, 0.25) is 0 Å². The molecule has 6 nitrogen and oxygen atoms in total. The average Bonchev–Trinajstić information content (AvgIpc) is 2.74. The molecule has 3 N–H and O–H groups in total. The van der Waals surface area contributed by atoms with Gasteiger partial charge in [-0.1, -0.05) is 0 Å². The van der Waals surface area contributed by atoms with Crippen LogP contribution < -0.4 is 10.6 Å². The van der Waals surface area contributed by atoms with Gasteiger partial charge in [-0.15, -0.1) is 0 Å². The highest BCUT2D eigenvalue weighted by Crippen LogP contribution is 2.23. The third-order valence-corrected chi connectivity index (χ3v) is 3.57. The molecule has 1 unspecified atom stereocenters. The van der Waals surface area contributed by atoms with Gasteiger partial charge in [0.25, 0.3) is 0 Å². The molecule has 6 heteroatoms. The summed E-state index contributed by atoms with van der Waals surface area (Å²) in [4.78, 5) is 19.5. The van der Waals surface area contributed by atoms with Gasteiger partial charge in [0.15, 0.2) is 0 Å². The number of anilines is 2. The van der Waals surface area contributed by atoms with Gasteiger partial charge in [-0.25, -0.2) is 9.78 Å². The largest absolute Gasteiger partial charge is 0.478 e. The number of carboxylic acid groups (broad SMARTS) is 1. The molecule has 1 fully saturated rings. The number of carboxylic acids is 1. The number of hydrogen-bond donors (Lipinski definition) is 2. The lowest BCUT2D eigenvalue weighted by Gasteiger charge is -2.24. The molecule has 0 spiro atoms. The topological polar surface area (TPSA) is 82.7 Å². The van der Waals surface area contributed by atoms with Gasteiger partial charge in [0.05, 0.1) is 17.4 Å². The Morgan fingerprint density at radius 2 is 2.42 bits per heavy atom. The summed E-state index contributed by atoms with van der Waals surface area (Å²) in [6, 6.07) is 1.41. The molecule has 1 atom stereocenters. The van der Waals surface area contributed by atoms with E-state index >= 15 is 0 Å². The van der Waals surface area contributed by atoms with Crippen LogP contribution in [0.25, 0.3) is 0 Å². The number of hydrogen-bond acceptors (Lipinski definition) is 5. The van der Waals surface area contributed by atoms with Gasteiger partial charge in [0.1, 0.15) is 5.82 Å². The highest BCUT2D eigenvalue weighted by Gasteiger charge is 2.23. The maximum absolute atomic E-state index is 11.2. The van der Waals surface area contributed by atoms with Crippen molar-refractivity contribution in [1.82, 2.24) is 9.88 Å². The minimum atomic E-state index is -0.973.